The Hall–Kier alpha value is -5.75. The van der Waals surface area contributed by atoms with Crippen molar-refractivity contribution in [2.24, 2.45) is 0 Å². The molecule has 7 rings (SSSR count). The lowest BCUT2D eigenvalue weighted by atomic mass is 9.74. The minimum absolute atomic E-state index is 0.000376. The number of aromatic hydroxyl groups is 3. The third kappa shape index (κ3) is 7.12. The number of aliphatic carboxylic acids is 1. The van der Waals surface area contributed by atoms with Crippen molar-refractivity contribution in [2.45, 2.75) is 94.3 Å². The van der Waals surface area contributed by atoms with Gasteiger partial charge in [-0.15, -0.1) is 0 Å². The molecule has 21 nitrogen and oxygen atoms in total. The molecule has 0 spiro atoms. The lowest BCUT2D eigenvalue weighted by molar-refractivity contribution is -0.339. The molecule has 2 aliphatic heterocycles. The fourth-order valence-electron chi connectivity index (χ4n) is 8.21. The van der Waals surface area contributed by atoms with E-state index in [0.29, 0.717) is 0 Å². The van der Waals surface area contributed by atoms with E-state index in [-0.39, 0.29) is 34.4 Å². The Morgan fingerprint density at radius 3 is 2.16 bits per heavy atom. The Labute approximate surface area is 344 Å². The van der Waals surface area contributed by atoms with Crippen LogP contribution in [0.25, 0.3) is 11.1 Å². The van der Waals surface area contributed by atoms with Crippen LogP contribution < -0.4 is 15.4 Å². The van der Waals surface area contributed by atoms with Gasteiger partial charge in [0.05, 0.1) is 42.6 Å². The number of aliphatic hydroxyl groups excluding tert-OH is 5. The molecule has 2 aliphatic carbocycles. The molecule has 0 unspecified atom stereocenters. The van der Waals surface area contributed by atoms with E-state index in [1.165, 1.54) is 40.0 Å². The van der Waals surface area contributed by atoms with Gasteiger partial charge >= 0.3 is 5.97 Å². The van der Waals surface area contributed by atoms with E-state index in [1.807, 2.05) is 0 Å². The molecule has 2 saturated heterocycles. The van der Waals surface area contributed by atoms with E-state index in [0.717, 1.165) is 12.1 Å². The van der Waals surface area contributed by atoms with Gasteiger partial charge in [-0.25, -0.2) is 0 Å². The highest BCUT2D eigenvalue weighted by Gasteiger charge is 2.51. The number of nitrogens with one attached hydrogen (secondary N) is 2. The number of hydrogen-bond donors (Lipinski definition) is 11. The quantitative estimate of drug-likeness (QED) is 0.0845. The molecule has 326 valence electrons. The second kappa shape index (κ2) is 16.3. The lowest BCUT2D eigenvalue weighted by Gasteiger charge is -2.47. The average Bonchev–Trinajstić information content (AvgIpc) is 3.20. The van der Waals surface area contributed by atoms with E-state index in [2.05, 4.69) is 10.6 Å². The monoisotopic (exact) mass is 854 g/mol. The molecular weight excluding hydrogens is 812 g/mol. The molecule has 2 amide bonds. The van der Waals surface area contributed by atoms with Crippen molar-refractivity contribution >= 4 is 29.9 Å². The predicted molar refractivity (Wildman–Crippen MR) is 201 cm³/mol. The van der Waals surface area contributed by atoms with Gasteiger partial charge in [-0.2, -0.15) is 0 Å². The standard InChI is InChI=1S/C40H42N2O19/c1-11-5-18-24(31(50)21(11)37(54)42-12(2)38(55)56)23-16(8-17-25(32(23)51)28(47)15-6-14(57-4)7-19(44)22(15)27(17)46)29(48)35(18)60-40-34(53)36(26(41-10-43)13(3)59-40)61-39-33(52)30(49)20(45)9-58-39/h5-8,10,12-13,20,26,29-30,33-36,39-40,44-45,48-53H,9H2,1-4H3,(H,41,43)(H,42,54)(H,55,56)/t12-,13-,20-,26+,29+,30+,33-,34-,35+,36+,39+,40+/m1/s1. The number of ether oxygens (including phenoxy) is 5. The second-order valence-corrected chi connectivity index (χ2v) is 15.1. The van der Waals surface area contributed by atoms with Crippen molar-refractivity contribution in [3.8, 4) is 34.1 Å². The summed E-state index contributed by atoms with van der Waals surface area (Å²) in [7, 11) is 1.25. The summed E-state index contributed by atoms with van der Waals surface area (Å²) in [6, 6.07) is 1.95. The number of aliphatic hydroxyl groups is 5. The molecule has 2 fully saturated rings. The van der Waals surface area contributed by atoms with Crippen molar-refractivity contribution in [3.05, 3.63) is 68.8 Å². The maximum atomic E-state index is 14.1. The zero-order chi connectivity index (χ0) is 44.5. The number of fused-ring (bicyclic) bond motifs is 5. The highest BCUT2D eigenvalue weighted by Crippen LogP contribution is 2.57. The average molecular weight is 855 g/mol. The molecule has 21 heteroatoms. The molecule has 4 aliphatic rings. The summed E-state index contributed by atoms with van der Waals surface area (Å²) in [6.07, 6.45) is -16.4. The maximum Gasteiger partial charge on any atom is 0.325 e. The highest BCUT2D eigenvalue weighted by molar-refractivity contribution is 6.31. The van der Waals surface area contributed by atoms with Gasteiger partial charge in [0, 0.05) is 28.3 Å². The van der Waals surface area contributed by atoms with Gasteiger partial charge in [0.2, 0.25) is 6.41 Å². The lowest BCUT2D eigenvalue weighted by Crippen LogP contribution is -2.65. The Bertz CT molecular complexity index is 2330. The molecule has 61 heavy (non-hydrogen) atoms. The topological polar surface area (TPSA) is 338 Å². The number of hydrogen-bond acceptors (Lipinski definition) is 18. The molecule has 0 aromatic heterocycles. The number of phenolic OH excluding ortho intramolecular Hbond substituents is 3. The number of carbonyl (C=O) groups excluding carboxylic acids is 4. The van der Waals surface area contributed by atoms with Crippen LogP contribution >= 0.6 is 0 Å². The van der Waals surface area contributed by atoms with Crippen LogP contribution in [-0.4, -0.2) is 151 Å². The van der Waals surface area contributed by atoms with E-state index in [1.54, 1.807) is 0 Å². The van der Waals surface area contributed by atoms with Crippen LogP contribution in [0.4, 0.5) is 0 Å². The van der Waals surface area contributed by atoms with Gasteiger partial charge in [-0.3, -0.25) is 24.0 Å². The molecule has 0 radical (unpaired) electrons. The summed E-state index contributed by atoms with van der Waals surface area (Å²) in [5, 5.41) is 104. The van der Waals surface area contributed by atoms with Crippen LogP contribution in [0.2, 0.25) is 0 Å². The Balaban J connectivity index is 1.37. The number of carboxylic acid groups (broad SMARTS) is 1. The van der Waals surface area contributed by atoms with E-state index < -0.39 is 154 Å². The fourth-order valence-corrected chi connectivity index (χ4v) is 8.21. The van der Waals surface area contributed by atoms with Gasteiger partial charge in [0.1, 0.15) is 71.8 Å². The number of phenols is 3. The zero-order valence-electron chi connectivity index (χ0n) is 32.6. The summed E-state index contributed by atoms with van der Waals surface area (Å²) in [5.74, 6) is -6.83. The van der Waals surface area contributed by atoms with Crippen molar-refractivity contribution in [1.29, 1.82) is 0 Å². The molecule has 3 aromatic rings. The number of aryl methyl sites for hydroxylation is 1. The fraction of sp³-hybridized carbons (Fsp3) is 0.425. The Morgan fingerprint density at radius 1 is 0.852 bits per heavy atom. The van der Waals surface area contributed by atoms with Gasteiger partial charge in [-0.1, -0.05) is 6.07 Å². The van der Waals surface area contributed by atoms with E-state index in [9.17, 15) is 69.9 Å². The summed E-state index contributed by atoms with van der Waals surface area (Å²) < 4.78 is 28.6. The number of rotatable bonds is 10. The minimum atomic E-state index is -1.95. The molecule has 12 atom stereocenters. The summed E-state index contributed by atoms with van der Waals surface area (Å²) in [4.78, 5) is 64.9. The molecular formula is C40H42N2O19. The second-order valence-electron chi connectivity index (χ2n) is 15.1. The van der Waals surface area contributed by atoms with Gasteiger partial charge in [0.25, 0.3) is 5.91 Å². The molecule has 0 saturated carbocycles. The Kier molecular flexibility index (Phi) is 11.6. The van der Waals surface area contributed by atoms with Crippen molar-refractivity contribution in [1.82, 2.24) is 10.6 Å². The first-order chi connectivity index (χ1) is 28.8. The number of carbonyl (C=O) groups is 5. The summed E-state index contributed by atoms with van der Waals surface area (Å²) in [6.45, 7) is 3.50. The van der Waals surface area contributed by atoms with Crippen molar-refractivity contribution in [2.75, 3.05) is 13.7 Å². The number of ketones is 2. The van der Waals surface area contributed by atoms with Crippen molar-refractivity contribution in [3.63, 3.8) is 0 Å². The van der Waals surface area contributed by atoms with Crippen LogP contribution in [0.3, 0.4) is 0 Å². The number of carboxylic acids is 1. The van der Waals surface area contributed by atoms with Crippen LogP contribution in [0, 0.1) is 6.92 Å². The van der Waals surface area contributed by atoms with Crippen LogP contribution in [-0.2, 0) is 28.5 Å². The van der Waals surface area contributed by atoms with E-state index >= 15 is 0 Å². The number of amides is 2. The van der Waals surface area contributed by atoms with Gasteiger partial charge in [0.15, 0.2) is 24.1 Å². The smallest absolute Gasteiger partial charge is 0.325 e. The third-order valence-electron chi connectivity index (χ3n) is 11.3. The van der Waals surface area contributed by atoms with E-state index in [4.69, 9.17) is 23.7 Å². The maximum absolute atomic E-state index is 14.1. The number of methoxy groups -OCH3 is 1. The van der Waals surface area contributed by atoms with Gasteiger partial charge < -0.3 is 80.3 Å². The molecule has 0 bridgehead atoms. The van der Waals surface area contributed by atoms with Gasteiger partial charge in [-0.05, 0) is 49.6 Å². The van der Waals surface area contributed by atoms with Crippen LogP contribution in [0.5, 0.6) is 23.0 Å². The highest BCUT2D eigenvalue weighted by atomic mass is 16.7. The molecule has 2 heterocycles. The van der Waals surface area contributed by atoms with Crippen molar-refractivity contribution < 1.29 is 93.6 Å². The minimum Gasteiger partial charge on any atom is -0.507 e. The summed E-state index contributed by atoms with van der Waals surface area (Å²) >= 11 is 0. The predicted octanol–water partition coefficient (Wildman–Crippen LogP) is -1.09. The normalized spacial score (nSPS) is 29.6. The third-order valence-corrected chi connectivity index (χ3v) is 11.3. The SMILES string of the molecule is COc1cc(O)c2c(c1)C(=O)c1c(cc3c(c1O)-c1c(cc(C)c(C(=O)N[C@H](C)C(=O)O)c1O)[C@H](O[C@@H]1O[C@H](C)[C@H](NC=O)[C@H](O[C@@H]4OC[C@@H](O)[C@H](O)[C@H]4O)[C@H]1O)[C@H]3O)C2=O. The summed E-state index contributed by atoms with van der Waals surface area (Å²) in [5.41, 5.74) is -3.71. The Morgan fingerprint density at radius 2 is 1.51 bits per heavy atom. The molecule has 11 N–H and O–H groups in total. The molecule has 3 aromatic carbocycles. The first-order valence-corrected chi connectivity index (χ1v) is 18.8. The first kappa shape index (κ1) is 43.3. The van der Waals surface area contributed by atoms with Crippen LogP contribution in [0.15, 0.2) is 24.3 Å². The van der Waals surface area contributed by atoms with Crippen LogP contribution in [0.1, 0.15) is 84.9 Å². The first-order valence-electron chi connectivity index (χ1n) is 18.8. The zero-order valence-corrected chi connectivity index (χ0v) is 32.6. The number of benzene rings is 3. The largest absolute Gasteiger partial charge is 0.507 e.